The summed E-state index contributed by atoms with van der Waals surface area (Å²) >= 11 is 5.58. The molecule has 0 spiro atoms. The summed E-state index contributed by atoms with van der Waals surface area (Å²) in [7, 11) is 0. The first-order chi connectivity index (χ1) is 14.1. The van der Waals surface area contributed by atoms with Gasteiger partial charge in [0.25, 0.3) is 5.91 Å². The fourth-order valence-corrected chi connectivity index (χ4v) is 2.48. The van der Waals surface area contributed by atoms with Crippen LogP contribution in [0.25, 0.3) is 6.08 Å². The molecule has 0 saturated heterocycles. The van der Waals surface area contributed by atoms with E-state index in [-0.39, 0.29) is 10.7 Å². The van der Waals surface area contributed by atoms with Crippen molar-refractivity contribution in [2.45, 2.75) is 13.1 Å². The topological polar surface area (TPSA) is 84.5 Å². The van der Waals surface area contributed by atoms with E-state index >= 15 is 0 Å². The molecule has 0 saturated carbocycles. The minimum absolute atomic E-state index is 0.155. The predicted molar refractivity (Wildman–Crippen MR) is 104 cm³/mol. The number of ether oxygens (including phenoxy) is 1. The van der Waals surface area contributed by atoms with Gasteiger partial charge in [-0.2, -0.15) is 13.2 Å². The molecule has 0 radical (unpaired) electrons. The Balaban J connectivity index is 2.08. The van der Waals surface area contributed by atoms with Crippen LogP contribution in [0.2, 0.25) is 5.02 Å². The summed E-state index contributed by atoms with van der Waals surface area (Å²) in [5.41, 5.74) is -1.32. The van der Waals surface area contributed by atoms with Gasteiger partial charge in [0.2, 0.25) is 5.91 Å². The molecule has 0 heterocycles. The van der Waals surface area contributed by atoms with Gasteiger partial charge in [-0.05, 0) is 29.8 Å². The Morgan fingerprint density at radius 2 is 1.77 bits per heavy atom. The molecule has 0 aliphatic heterocycles. The van der Waals surface area contributed by atoms with Crippen LogP contribution >= 0.6 is 11.6 Å². The van der Waals surface area contributed by atoms with Gasteiger partial charge in [0, 0.05) is 11.9 Å². The van der Waals surface area contributed by atoms with E-state index in [0.29, 0.717) is 11.6 Å². The van der Waals surface area contributed by atoms with Crippen LogP contribution in [0.3, 0.4) is 0 Å². The normalized spacial score (nSPS) is 11.6. The molecule has 0 aromatic heterocycles. The van der Waals surface area contributed by atoms with Crippen molar-refractivity contribution in [1.29, 1.82) is 0 Å². The number of amides is 2. The van der Waals surface area contributed by atoms with Crippen molar-refractivity contribution in [3.8, 4) is 0 Å². The predicted octanol–water partition coefficient (Wildman–Crippen LogP) is 4.02. The summed E-state index contributed by atoms with van der Waals surface area (Å²) in [4.78, 5) is 35.5. The first-order valence-corrected chi connectivity index (χ1v) is 8.82. The van der Waals surface area contributed by atoms with E-state index < -0.39 is 41.8 Å². The third-order valence-corrected chi connectivity index (χ3v) is 3.77. The molecule has 2 rings (SSSR count). The van der Waals surface area contributed by atoms with Gasteiger partial charge in [-0.3, -0.25) is 9.59 Å². The molecule has 2 amide bonds. The minimum atomic E-state index is -4.75. The molecule has 0 fully saturated rings. The van der Waals surface area contributed by atoms with Crippen molar-refractivity contribution in [3.05, 3.63) is 70.4 Å². The molecular weight excluding hydrogens is 425 g/mol. The number of nitrogens with one attached hydrogen (secondary N) is 2. The monoisotopic (exact) mass is 440 g/mol. The van der Waals surface area contributed by atoms with Crippen molar-refractivity contribution >= 4 is 41.1 Å². The van der Waals surface area contributed by atoms with Gasteiger partial charge in [0.1, 0.15) is 5.70 Å². The third kappa shape index (κ3) is 6.93. The number of hydrogen-bond donors (Lipinski definition) is 2. The standard InChI is InChI=1S/C20H16ClF3N2O4/c1-12(27)25-17(9-13-5-3-2-4-6-13)19(29)30-11-18(28)26-16-8-7-14(21)10-15(16)20(22,23)24/h2-10H,11H2,1H3,(H,25,27)(H,26,28). The molecule has 0 unspecified atom stereocenters. The van der Waals surface area contributed by atoms with E-state index in [2.05, 4.69) is 5.32 Å². The molecule has 158 valence electrons. The Hall–Kier alpha value is -3.33. The van der Waals surface area contributed by atoms with Gasteiger partial charge >= 0.3 is 12.1 Å². The number of halogens is 4. The maximum Gasteiger partial charge on any atom is 0.418 e. The molecule has 0 aliphatic rings. The lowest BCUT2D eigenvalue weighted by Crippen LogP contribution is -2.29. The van der Waals surface area contributed by atoms with Crippen molar-refractivity contribution in [3.63, 3.8) is 0 Å². The molecule has 30 heavy (non-hydrogen) atoms. The van der Waals surface area contributed by atoms with Crippen LogP contribution in [0.5, 0.6) is 0 Å². The number of esters is 1. The Labute approximate surface area is 174 Å². The second-order valence-electron chi connectivity index (χ2n) is 5.96. The van der Waals surface area contributed by atoms with E-state index in [9.17, 15) is 27.6 Å². The van der Waals surface area contributed by atoms with E-state index in [4.69, 9.17) is 16.3 Å². The fourth-order valence-electron chi connectivity index (χ4n) is 2.31. The van der Waals surface area contributed by atoms with Gasteiger partial charge in [-0.15, -0.1) is 0 Å². The maximum absolute atomic E-state index is 13.1. The average molecular weight is 441 g/mol. The van der Waals surface area contributed by atoms with Gasteiger partial charge in [-0.1, -0.05) is 41.9 Å². The number of alkyl halides is 3. The van der Waals surface area contributed by atoms with Crippen LogP contribution in [0.15, 0.2) is 54.2 Å². The maximum atomic E-state index is 13.1. The lowest BCUT2D eigenvalue weighted by atomic mass is 10.1. The Morgan fingerprint density at radius 3 is 2.37 bits per heavy atom. The van der Waals surface area contributed by atoms with E-state index in [0.717, 1.165) is 6.07 Å². The number of carbonyl (C=O) groups excluding carboxylic acids is 3. The van der Waals surface area contributed by atoms with E-state index in [1.165, 1.54) is 19.1 Å². The highest BCUT2D eigenvalue weighted by molar-refractivity contribution is 6.30. The van der Waals surface area contributed by atoms with Gasteiger partial charge < -0.3 is 15.4 Å². The van der Waals surface area contributed by atoms with Gasteiger partial charge in [0.15, 0.2) is 6.61 Å². The Bertz CT molecular complexity index is 976. The van der Waals surface area contributed by atoms with Crippen LogP contribution in [0, 0.1) is 0 Å². The molecular formula is C20H16ClF3N2O4. The highest BCUT2D eigenvalue weighted by Crippen LogP contribution is 2.36. The Kier molecular flexibility index (Phi) is 7.60. The zero-order valence-corrected chi connectivity index (χ0v) is 16.3. The van der Waals surface area contributed by atoms with Crippen LogP contribution in [0.4, 0.5) is 18.9 Å². The lowest BCUT2D eigenvalue weighted by Gasteiger charge is -2.14. The quantitative estimate of drug-likeness (QED) is 0.525. The average Bonchev–Trinajstić information content (AvgIpc) is 2.66. The Morgan fingerprint density at radius 1 is 1.10 bits per heavy atom. The summed E-state index contributed by atoms with van der Waals surface area (Å²) in [5, 5.41) is 4.16. The molecule has 0 bridgehead atoms. The summed E-state index contributed by atoms with van der Waals surface area (Å²) < 4.78 is 44.1. The SMILES string of the molecule is CC(=O)NC(=Cc1ccccc1)C(=O)OCC(=O)Nc1ccc(Cl)cc1C(F)(F)F. The zero-order valence-electron chi connectivity index (χ0n) is 15.5. The zero-order chi connectivity index (χ0) is 22.3. The van der Waals surface area contributed by atoms with Crippen molar-refractivity contribution < 1.29 is 32.3 Å². The second kappa shape index (κ2) is 9.93. The molecule has 0 aliphatic carbocycles. The smallest absolute Gasteiger partial charge is 0.418 e. The van der Waals surface area contributed by atoms with Crippen molar-refractivity contribution in [2.75, 3.05) is 11.9 Å². The molecule has 2 aromatic rings. The van der Waals surface area contributed by atoms with Crippen molar-refractivity contribution in [2.24, 2.45) is 0 Å². The lowest BCUT2D eigenvalue weighted by molar-refractivity contribution is -0.144. The highest BCUT2D eigenvalue weighted by atomic mass is 35.5. The second-order valence-corrected chi connectivity index (χ2v) is 6.40. The van der Waals surface area contributed by atoms with Crippen LogP contribution < -0.4 is 10.6 Å². The van der Waals surface area contributed by atoms with Crippen LogP contribution in [0.1, 0.15) is 18.1 Å². The van der Waals surface area contributed by atoms with Gasteiger partial charge in [-0.25, -0.2) is 4.79 Å². The van der Waals surface area contributed by atoms with Crippen LogP contribution in [-0.4, -0.2) is 24.4 Å². The summed E-state index contributed by atoms with van der Waals surface area (Å²) in [5.74, 6) is -2.58. The molecule has 2 aromatic carbocycles. The fraction of sp³-hybridized carbons (Fsp3) is 0.150. The van der Waals surface area contributed by atoms with E-state index in [1.54, 1.807) is 30.3 Å². The molecule has 2 N–H and O–H groups in total. The molecule has 0 atom stereocenters. The summed E-state index contributed by atoms with van der Waals surface area (Å²) in [6.07, 6.45) is -3.41. The number of hydrogen-bond acceptors (Lipinski definition) is 4. The molecule has 6 nitrogen and oxygen atoms in total. The summed E-state index contributed by atoms with van der Waals surface area (Å²) in [6.45, 7) is 0.308. The van der Waals surface area contributed by atoms with Gasteiger partial charge in [0.05, 0.1) is 11.3 Å². The largest absolute Gasteiger partial charge is 0.451 e. The number of anilines is 1. The summed E-state index contributed by atoms with van der Waals surface area (Å²) in [6, 6.07) is 11.3. The van der Waals surface area contributed by atoms with E-state index in [1.807, 2.05) is 5.32 Å². The first kappa shape index (κ1) is 23.0. The first-order valence-electron chi connectivity index (χ1n) is 8.44. The molecule has 10 heteroatoms. The number of benzene rings is 2. The number of rotatable bonds is 6. The third-order valence-electron chi connectivity index (χ3n) is 3.54. The number of carbonyl (C=O) groups is 3. The minimum Gasteiger partial charge on any atom is -0.451 e. The highest BCUT2D eigenvalue weighted by Gasteiger charge is 2.34. The van der Waals surface area contributed by atoms with Crippen LogP contribution in [-0.2, 0) is 25.3 Å². The van der Waals surface area contributed by atoms with Crippen molar-refractivity contribution in [1.82, 2.24) is 5.32 Å².